The van der Waals surface area contributed by atoms with Gasteiger partial charge in [-0.05, 0) is 12.5 Å². The summed E-state index contributed by atoms with van der Waals surface area (Å²) in [5.41, 5.74) is 7.43. The molecule has 0 aromatic carbocycles. The number of pyridine rings is 1. The number of hydrogen-bond donors (Lipinski definition) is 1. The standard InChI is InChI=1S/C10H14N2O2/c1-7-5-12-10(4-9(7)11)14-8-2-3-13-6-8/h4-5,8H,2-3,6H2,1H3,(H2,11,12). The third-order valence-corrected chi connectivity index (χ3v) is 2.30. The normalized spacial score (nSPS) is 21.1. The highest BCUT2D eigenvalue weighted by atomic mass is 16.5. The van der Waals surface area contributed by atoms with Crippen LogP contribution in [0.3, 0.4) is 0 Å². The maximum absolute atomic E-state index is 5.74. The Hall–Kier alpha value is -1.29. The first-order chi connectivity index (χ1) is 6.75. The molecule has 1 atom stereocenters. The largest absolute Gasteiger partial charge is 0.472 e. The molecule has 4 nitrogen and oxygen atoms in total. The number of rotatable bonds is 2. The molecule has 0 spiro atoms. The number of anilines is 1. The maximum Gasteiger partial charge on any atom is 0.215 e. The molecule has 4 heteroatoms. The average molecular weight is 194 g/mol. The van der Waals surface area contributed by atoms with E-state index in [1.165, 1.54) is 0 Å². The van der Waals surface area contributed by atoms with Crippen LogP contribution < -0.4 is 10.5 Å². The van der Waals surface area contributed by atoms with Crippen molar-refractivity contribution < 1.29 is 9.47 Å². The summed E-state index contributed by atoms with van der Waals surface area (Å²) in [6.45, 7) is 3.34. The van der Waals surface area contributed by atoms with Crippen LogP contribution in [-0.4, -0.2) is 24.3 Å². The molecule has 76 valence electrons. The van der Waals surface area contributed by atoms with Crippen LogP contribution in [-0.2, 0) is 4.74 Å². The molecule has 1 fully saturated rings. The molecule has 0 amide bonds. The second-order valence-corrected chi connectivity index (χ2v) is 3.48. The van der Waals surface area contributed by atoms with Gasteiger partial charge < -0.3 is 15.2 Å². The lowest BCUT2D eigenvalue weighted by Gasteiger charge is -2.11. The molecule has 2 heterocycles. The van der Waals surface area contributed by atoms with E-state index in [1.54, 1.807) is 12.3 Å². The van der Waals surface area contributed by atoms with Crippen molar-refractivity contribution in [2.24, 2.45) is 0 Å². The van der Waals surface area contributed by atoms with Crippen LogP contribution in [0.2, 0.25) is 0 Å². The Morgan fingerprint density at radius 1 is 1.64 bits per heavy atom. The quantitative estimate of drug-likeness (QED) is 0.767. The molecular formula is C10H14N2O2. The van der Waals surface area contributed by atoms with Gasteiger partial charge in [-0.1, -0.05) is 0 Å². The Balaban J connectivity index is 2.05. The van der Waals surface area contributed by atoms with Gasteiger partial charge in [-0.3, -0.25) is 0 Å². The summed E-state index contributed by atoms with van der Waals surface area (Å²) in [4.78, 5) is 4.14. The number of hydrogen-bond acceptors (Lipinski definition) is 4. The summed E-state index contributed by atoms with van der Waals surface area (Å²) in [6, 6.07) is 1.76. The van der Waals surface area contributed by atoms with Gasteiger partial charge in [0.1, 0.15) is 6.10 Å². The highest BCUT2D eigenvalue weighted by Gasteiger charge is 2.17. The molecule has 1 aliphatic rings. The topological polar surface area (TPSA) is 57.4 Å². The first-order valence-electron chi connectivity index (χ1n) is 4.72. The number of ether oxygens (including phenoxy) is 2. The van der Waals surface area contributed by atoms with Crippen molar-refractivity contribution >= 4 is 5.69 Å². The van der Waals surface area contributed by atoms with Gasteiger partial charge in [0.05, 0.1) is 13.2 Å². The minimum atomic E-state index is 0.129. The van der Waals surface area contributed by atoms with Crippen LogP contribution in [0.4, 0.5) is 5.69 Å². The monoisotopic (exact) mass is 194 g/mol. The summed E-state index contributed by atoms with van der Waals surface area (Å²) in [5, 5.41) is 0. The predicted molar refractivity (Wildman–Crippen MR) is 53.2 cm³/mol. The van der Waals surface area contributed by atoms with Crippen molar-refractivity contribution in [1.82, 2.24) is 4.98 Å². The molecule has 1 aromatic heterocycles. The van der Waals surface area contributed by atoms with Gasteiger partial charge in [-0.15, -0.1) is 0 Å². The zero-order valence-corrected chi connectivity index (χ0v) is 8.19. The predicted octanol–water partition coefficient (Wildman–Crippen LogP) is 1.14. The number of nitrogens with zero attached hydrogens (tertiary/aromatic N) is 1. The molecule has 1 aliphatic heterocycles. The number of nitrogen functional groups attached to an aromatic ring is 1. The molecular weight excluding hydrogens is 180 g/mol. The van der Waals surface area contributed by atoms with E-state index in [0.29, 0.717) is 18.2 Å². The van der Waals surface area contributed by atoms with E-state index in [-0.39, 0.29) is 6.10 Å². The van der Waals surface area contributed by atoms with Crippen molar-refractivity contribution in [1.29, 1.82) is 0 Å². The summed E-state index contributed by atoms with van der Waals surface area (Å²) < 4.78 is 10.8. The zero-order valence-electron chi connectivity index (χ0n) is 8.19. The SMILES string of the molecule is Cc1cnc(OC2CCOC2)cc1N. The lowest BCUT2D eigenvalue weighted by atomic mass is 10.2. The minimum Gasteiger partial charge on any atom is -0.472 e. The number of nitrogens with two attached hydrogens (primary N) is 1. The Kier molecular flexibility index (Phi) is 2.54. The Bertz CT molecular complexity index is 322. The van der Waals surface area contributed by atoms with Gasteiger partial charge in [-0.2, -0.15) is 0 Å². The van der Waals surface area contributed by atoms with Gasteiger partial charge in [0.25, 0.3) is 0 Å². The maximum atomic E-state index is 5.74. The van der Waals surface area contributed by atoms with Crippen LogP contribution in [0.15, 0.2) is 12.3 Å². The molecule has 1 aromatic rings. The summed E-state index contributed by atoms with van der Waals surface area (Å²) in [7, 11) is 0. The highest BCUT2D eigenvalue weighted by molar-refractivity contribution is 5.47. The Labute approximate surface area is 83.0 Å². The molecule has 0 radical (unpaired) electrons. The molecule has 1 saturated heterocycles. The van der Waals surface area contributed by atoms with E-state index >= 15 is 0 Å². The molecule has 2 N–H and O–H groups in total. The highest BCUT2D eigenvalue weighted by Crippen LogP contribution is 2.18. The summed E-state index contributed by atoms with van der Waals surface area (Å²) in [5.74, 6) is 0.587. The van der Waals surface area contributed by atoms with Crippen LogP contribution in [0, 0.1) is 6.92 Å². The van der Waals surface area contributed by atoms with E-state index in [9.17, 15) is 0 Å². The molecule has 1 unspecified atom stereocenters. The average Bonchev–Trinajstić information content (AvgIpc) is 2.64. The van der Waals surface area contributed by atoms with Gasteiger partial charge in [0.2, 0.25) is 5.88 Å². The molecule has 0 bridgehead atoms. The van der Waals surface area contributed by atoms with E-state index < -0.39 is 0 Å². The summed E-state index contributed by atoms with van der Waals surface area (Å²) in [6.07, 6.45) is 2.78. The van der Waals surface area contributed by atoms with Gasteiger partial charge in [0.15, 0.2) is 0 Å². The van der Waals surface area contributed by atoms with Crippen LogP contribution in [0.25, 0.3) is 0 Å². The summed E-state index contributed by atoms with van der Waals surface area (Å²) >= 11 is 0. The van der Waals surface area contributed by atoms with Crippen molar-refractivity contribution in [3.05, 3.63) is 17.8 Å². The first kappa shape index (κ1) is 9.27. The van der Waals surface area contributed by atoms with E-state index in [2.05, 4.69) is 4.98 Å². The number of aryl methyl sites for hydroxylation is 1. The fourth-order valence-corrected chi connectivity index (χ4v) is 1.36. The lowest BCUT2D eigenvalue weighted by Crippen LogP contribution is -2.16. The first-order valence-corrected chi connectivity index (χ1v) is 4.72. The zero-order chi connectivity index (χ0) is 9.97. The Morgan fingerprint density at radius 3 is 3.14 bits per heavy atom. The Morgan fingerprint density at radius 2 is 2.50 bits per heavy atom. The van der Waals surface area contributed by atoms with Crippen LogP contribution in [0.1, 0.15) is 12.0 Å². The van der Waals surface area contributed by atoms with Crippen molar-refractivity contribution in [3.8, 4) is 5.88 Å². The van der Waals surface area contributed by atoms with Crippen molar-refractivity contribution in [3.63, 3.8) is 0 Å². The molecule has 0 saturated carbocycles. The van der Waals surface area contributed by atoms with Crippen LogP contribution >= 0.6 is 0 Å². The lowest BCUT2D eigenvalue weighted by molar-refractivity contribution is 0.138. The molecule has 0 aliphatic carbocycles. The second kappa shape index (κ2) is 3.84. The molecule has 2 rings (SSSR count). The van der Waals surface area contributed by atoms with Gasteiger partial charge in [0, 0.05) is 24.4 Å². The van der Waals surface area contributed by atoms with E-state index in [0.717, 1.165) is 18.6 Å². The fraction of sp³-hybridized carbons (Fsp3) is 0.500. The van der Waals surface area contributed by atoms with E-state index in [4.69, 9.17) is 15.2 Å². The van der Waals surface area contributed by atoms with Crippen molar-refractivity contribution in [2.75, 3.05) is 18.9 Å². The van der Waals surface area contributed by atoms with Gasteiger partial charge >= 0.3 is 0 Å². The van der Waals surface area contributed by atoms with Gasteiger partial charge in [-0.25, -0.2) is 4.98 Å². The number of aromatic nitrogens is 1. The minimum absolute atomic E-state index is 0.129. The third kappa shape index (κ3) is 1.96. The third-order valence-electron chi connectivity index (χ3n) is 2.30. The second-order valence-electron chi connectivity index (χ2n) is 3.48. The smallest absolute Gasteiger partial charge is 0.215 e. The fourth-order valence-electron chi connectivity index (χ4n) is 1.36. The van der Waals surface area contributed by atoms with Crippen molar-refractivity contribution in [2.45, 2.75) is 19.4 Å². The van der Waals surface area contributed by atoms with E-state index in [1.807, 2.05) is 6.92 Å². The van der Waals surface area contributed by atoms with Crippen LogP contribution in [0.5, 0.6) is 5.88 Å². The molecule has 14 heavy (non-hydrogen) atoms.